The number of imidazole rings is 1. The molecule has 96 valence electrons. The number of aliphatic hydroxyl groups excluding tert-OH is 1. The molecule has 4 nitrogen and oxygen atoms in total. The molecule has 0 saturated carbocycles. The Balaban J connectivity index is 2.04. The smallest absolute Gasteiger partial charge is 0.206 e. The number of para-hydroxylation sites is 2. The molecule has 1 aliphatic rings. The maximum absolute atomic E-state index is 9.51. The van der Waals surface area contributed by atoms with Crippen molar-refractivity contribution >= 4 is 17.0 Å². The van der Waals surface area contributed by atoms with Crippen LogP contribution in [0.25, 0.3) is 11.0 Å². The molecule has 1 aromatic heterocycles. The highest BCUT2D eigenvalue weighted by Gasteiger charge is 2.25. The third-order valence-corrected chi connectivity index (χ3v) is 3.86. The molecule has 1 atom stereocenters. The van der Waals surface area contributed by atoms with Crippen molar-refractivity contribution in [3.8, 4) is 0 Å². The van der Waals surface area contributed by atoms with E-state index in [4.69, 9.17) is 4.98 Å². The van der Waals surface area contributed by atoms with Gasteiger partial charge in [-0.15, -0.1) is 0 Å². The van der Waals surface area contributed by atoms with Gasteiger partial charge < -0.3 is 14.6 Å². The fourth-order valence-corrected chi connectivity index (χ4v) is 2.84. The molecular formula is C14H19N3O. The molecule has 18 heavy (non-hydrogen) atoms. The fourth-order valence-electron chi connectivity index (χ4n) is 2.84. The van der Waals surface area contributed by atoms with Crippen molar-refractivity contribution in [1.82, 2.24) is 9.55 Å². The number of hydrogen-bond acceptors (Lipinski definition) is 3. The summed E-state index contributed by atoms with van der Waals surface area (Å²) in [6.45, 7) is 1.20. The van der Waals surface area contributed by atoms with E-state index in [0.29, 0.717) is 0 Å². The largest absolute Gasteiger partial charge is 0.394 e. The van der Waals surface area contributed by atoms with Crippen molar-refractivity contribution in [2.75, 3.05) is 18.1 Å². The Morgan fingerprint density at radius 1 is 1.33 bits per heavy atom. The predicted molar refractivity (Wildman–Crippen MR) is 72.8 cm³/mol. The van der Waals surface area contributed by atoms with Crippen LogP contribution in [0.4, 0.5) is 5.95 Å². The minimum atomic E-state index is 0.212. The normalized spacial score (nSPS) is 20.6. The predicted octanol–water partition coefficient (Wildman–Crippen LogP) is 1.92. The summed E-state index contributed by atoms with van der Waals surface area (Å²) < 4.78 is 2.13. The Morgan fingerprint density at radius 2 is 2.17 bits per heavy atom. The number of benzene rings is 1. The zero-order valence-electron chi connectivity index (χ0n) is 10.7. The second-order valence-corrected chi connectivity index (χ2v) is 4.99. The van der Waals surface area contributed by atoms with Crippen molar-refractivity contribution < 1.29 is 5.11 Å². The summed E-state index contributed by atoms with van der Waals surface area (Å²) in [4.78, 5) is 6.97. The molecular weight excluding hydrogens is 226 g/mol. The van der Waals surface area contributed by atoms with Gasteiger partial charge in [0.2, 0.25) is 5.95 Å². The number of aromatic nitrogens is 2. The van der Waals surface area contributed by atoms with E-state index < -0.39 is 0 Å². The SMILES string of the molecule is Cn1c(N2CCCCC2CO)nc2ccccc21. The summed E-state index contributed by atoms with van der Waals surface area (Å²) in [6, 6.07) is 8.39. The molecule has 4 heteroatoms. The van der Waals surface area contributed by atoms with Crippen LogP contribution in [-0.2, 0) is 7.05 Å². The number of rotatable bonds is 2. The lowest BCUT2D eigenvalue weighted by Gasteiger charge is -2.35. The average molecular weight is 245 g/mol. The van der Waals surface area contributed by atoms with Gasteiger partial charge in [0, 0.05) is 13.6 Å². The van der Waals surface area contributed by atoms with Crippen molar-refractivity contribution in [2.45, 2.75) is 25.3 Å². The lowest BCUT2D eigenvalue weighted by Crippen LogP contribution is -2.43. The molecule has 0 amide bonds. The quantitative estimate of drug-likeness (QED) is 0.879. The molecule has 3 rings (SSSR count). The Hall–Kier alpha value is -1.55. The summed E-state index contributed by atoms with van der Waals surface area (Å²) in [5, 5.41) is 9.51. The van der Waals surface area contributed by atoms with E-state index in [1.54, 1.807) is 0 Å². The maximum atomic E-state index is 9.51. The molecule has 1 aliphatic heterocycles. The van der Waals surface area contributed by atoms with Crippen molar-refractivity contribution in [3.63, 3.8) is 0 Å². The third-order valence-electron chi connectivity index (χ3n) is 3.86. The van der Waals surface area contributed by atoms with Gasteiger partial charge in [0.1, 0.15) is 0 Å². The second-order valence-electron chi connectivity index (χ2n) is 4.99. The summed E-state index contributed by atoms with van der Waals surface area (Å²) in [5.41, 5.74) is 2.17. The minimum Gasteiger partial charge on any atom is -0.394 e. The Bertz CT molecular complexity index is 549. The summed E-state index contributed by atoms with van der Waals surface area (Å²) in [5.74, 6) is 0.981. The van der Waals surface area contributed by atoms with Crippen molar-refractivity contribution in [3.05, 3.63) is 24.3 Å². The lowest BCUT2D eigenvalue weighted by atomic mass is 10.0. The molecule has 2 aromatic rings. The molecule has 1 aromatic carbocycles. The Kier molecular flexibility index (Phi) is 2.96. The van der Waals surface area contributed by atoms with E-state index in [0.717, 1.165) is 29.9 Å². The van der Waals surface area contributed by atoms with Gasteiger partial charge in [0.25, 0.3) is 0 Å². The van der Waals surface area contributed by atoms with E-state index >= 15 is 0 Å². The van der Waals surface area contributed by atoms with Crippen LogP contribution in [0.3, 0.4) is 0 Å². The number of fused-ring (bicyclic) bond motifs is 1. The van der Waals surface area contributed by atoms with E-state index in [1.165, 1.54) is 12.8 Å². The first-order valence-electron chi connectivity index (χ1n) is 6.60. The number of hydrogen-bond donors (Lipinski definition) is 1. The van der Waals surface area contributed by atoms with Gasteiger partial charge in [0.05, 0.1) is 23.7 Å². The minimum absolute atomic E-state index is 0.212. The molecule has 0 spiro atoms. The Labute approximate surface area is 107 Å². The monoisotopic (exact) mass is 245 g/mol. The molecule has 2 heterocycles. The third kappa shape index (κ3) is 1.77. The number of nitrogens with zero attached hydrogens (tertiary/aromatic N) is 3. The van der Waals surface area contributed by atoms with Gasteiger partial charge in [-0.3, -0.25) is 0 Å². The lowest BCUT2D eigenvalue weighted by molar-refractivity contribution is 0.238. The van der Waals surface area contributed by atoms with Crippen LogP contribution >= 0.6 is 0 Å². The highest BCUT2D eigenvalue weighted by Crippen LogP contribution is 2.26. The molecule has 0 bridgehead atoms. The highest BCUT2D eigenvalue weighted by molar-refractivity contribution is 5.78. The molecule has 0 aliphatic carbocycles. The van der Waals surface area contributed by atoms with E-state index in [-0.39, 0.29) is 12.6 Å². The van der Waals surface area contributed by atoms with Gasteiger partial charge in [-0.1, -0.05) is 12.1 Å². The van der Waals surface area contributed by atoms with Crippen molar-refractivity contribution in [2.24, 2.45) is 7.05 Å². The van der Waals surface area contributed by atoms with Gasteiger partial charge in [-0.25, -0.2) is 4.98 Å². The molecule has 1 unspecified atom stereocenters. The number of aryl methyl sites for hydroxylation is 1. The molecule has 1 fully saturated rings. The van der Waals surface area contributed by atoms with Gasteiger partial charge in [-0.05, 0) is 31.4 Å². The van der Waals surface area contributed by atoms with Crippen LogP contribution in [0.1, 0.15) is 19.3 Å². The molecule has 1 saturated heterocycles. The van der Waals surface area contributed by atoms with Crippen LogP contribution in [-0.4, -0.2) is 33.9 Å². The first kappa shape index (κ1) is 11.5. The van der Waals surface area contributed by atoms with Crippen molar-refractivity contribution in [1.29, 1.82) is 0 Å². The Morgan fingerprint density at radius 3 is 2.94 bits per heavy atom. The first-order valence-corrected chi connectivity index (χ1v) is 6.60. The van der Waals surface area contributed by atoms with Gasteiger partial charge in [-0.2, -0.15) is 0 Å². The van der Waals surface area contributed by atoms with E-state index in [9.17, 15) is 5.11 Å². The van der Waals surface area contributed by atoms with Crippen LogP contribution in [0.5, 0.6) is 0 Å². The standard InChI is InChI=1S/C14H19N3O/c1-16-13-8-3-2-7-12(13)15-14(16)17-9-5-4-6-11(17)10-18/h2-3,7-8,11,18H,4-6,9-10H2,1H3. The summed E-state index contributed by atoms with van der Waals surface area (Å²) >= 11 is 0. The number of aliphatic hydroxyl groups is 1. The van der Waals surface area contributed by atoms with Crippen LogP contribution in [0, 0.1) is 0 Å². The van der Waals surface area contributed by atoms with E-state index in [1.807, 2.05) is 25.2 Å². The average Bonchev–Trinajstić information content (AvgIpc) is 2.76. The summed E-state index contributed by atoms with van der Waals surface area (Å²) in [6.07, 6.45) is 3.44. The fraction of sp³-hybridized carbons (Fsp3) is 0.500. The molecule has 0 radical (unpaired) electrons. The topological polar surface area (TPSA) is 41.3 Å². The molecule has 1 N–H and O–H groups in total. The number of piperidine rings is 1. The van der Waals surface area contributed by atoms with E-state index in [2.05, 4.69) is 15.5 Å². The van der Waals surface area contributed by atoms with Crippen LogP contribution in [0.2, 0.25) is 0 Å². The zero-order chi connectivity index (χ0) is 12.5. The summed E-state index contributed by atoms with van der Waals surface area (Å²) in [7, 11) is 2.05. The highest BCUT2D eigenvalue weighted by atomic mass is 16.3. The zero-order valence-corrected chi connectivity index (χ0v) is 10.7. The number of anilines is 1. The first-order chi connectivity index (χ1) is 8.81. The second kappa shape index (κ2) is 4.61. The maximum Gasteiger partial charge on any atom is 0.206 e. The van der Waals surface area contributed by atoms with Crippen LogP contribution < -0.4 is 4.90 Å². The van der Waals surface area contributed by atoms with Gasteiger partial charge >= 0.3 is 0 Å². The van der Waals surface area contributed by atoms with Crippen LogP contribution in [0.15, 0.2) is 24.3 Å². The van der Waals surface area contributed by atoms with Gasteiger partial charge in [0.15, 0.2) is 0 Å².